The molecule has 2 heterocycles. The van der Waals surface area contributed by atoms with E-state index in [1.54, 1.807) is 11.3 Å². The number of halogens is 2. The second-order valence-corrected chi connectivity index (χ2v) is 7.13. The molecule has 0 radical (unpaired) electrons. The van der Waals surface area contributed by atoms with Crippen molar-refractivity contribution in [3.8, 4) is 10.8 Å². The van der Waals surface area contributed by atoms with E-state index >= 15 is 0 Å². The monoisotopic (exact) mass is 377 g/mol. The lowest BCUT2D eigenvalue weighted by Crippen LogP contribution is -2.16. The second-order valence-electron chi connectivity index (χ2n) is 3.90. The first-order valence-corrected chi connectivity index (χ1v) is 7.64. The summed E-state index contributed by atoms with van der Waals surface area (Å²) in [6, 6.07) is 2.63. The Hall–Kier alpha value is -0.240. The van der Waals surface area contributed by atoms with Crippen LogP contribution < -0.4 is 5.32 Å². The molecule has 3 rings (SSSR count). The molecule has 0 amide bonds. The van der Waals surface area contributed by atoms with Crippen molar-refractivity contribution in [2.75, 3.05) is 0 Å². The van der Waals surface area contributed by atoms with Crippen LogP contribution in [0.25, 0.3) is 10.8 Å². The van der Waals surface area contributed by atoms with E-state index in [4.69, 9.17) is 4.52 Å². The third kappa shape index (κ3) is 2.78. The average Bonchev–Trinajstić information content (AvgIpc) is 2.92. The molecular weight excluding hydrogens is 370 g/mol. The molecule has 1 fully saturated rings. The van der Waals surface area contributed by atoms with E-state index in [1.165, 1.54) is 12.8 Å². The smallest absolute Gasteiger partial charge is 0.268 e. The van der Waals surface area contributed by atoms with Gasteiger partial charge in [0, 0.05) is 10.5 Å². The number of hydrogen-bond donors (Lipinski definition) is 1. The van der Waals surface area contributed by atoms with E-state index in [-0.39, 0.29) is 0 Å². The maximum absolute atomic E-state index is 5.24. The summed E-state index contributed by atoms with van der Waals surface area (Å²) in [5, 5.41) is 7.31. The number of rotatable bonds is 4. The summed E-state index contributed by atoms with van der Waals surface area (Å²) in [5.74, 6) is 1.29. The van der Waals surface area contributed by atoms with Gasteiger partial charge in [-0.1, -0.05) is 5.16 Å². The van der Waals surface area contributed by atoms with Crippen LogP contribution in [-0.2, 0) is 6.54 Å². The largest absolute Gasteiger partial charge is 0.333 e. The fourth-order valence-electron chi connectivity index (χ4n) is 1.40. The van der Waals surface area contributed by atoms with Crippen LogP contribution in [0.2, 0.25) is 0 Å². The molecule has 0 unspecified atom stereocenters. The Morgan fingerprint density at radius 3 is 2.94 bits per heavy atom. The lowest BCUT2D eigenvalue weighted by molar-refractivity contribution is 0.420. The van der Waals surface area contributed by atoms with Gasteiger partial charge in [0.1, 0.15) is 0 Å². The maximum atomic E-state index is 5.24. The Balaban J connectivity index is 1.74. The first-order chi connectivity index (χ1) is 8.22. The Morgan fingerprint density at radius 2 is 2.29 bits per heavy atom. The van der Waals surface area contributed by atoms with Crippen LogP contribution in [0.4, 0.5) is 0 Å². The van der Waals surface area contributed by atoms with Gasteiger partial charge < -0.3 is 9.84 Å². The van der Waals surface area contributed by atoms with E-state index < -0.39 is 0 Å². The van der Waals surface area contributed by atoms with Gasteiger partial charge in [-0.3, -0.25) is 0 Å². The molecule has 1 saturated carbocycles. The van der Waals surface area contributed by atoms with Gasteiger partial charge in [0.25, 0.3) is 5.89 Å². The summed E-state index contributed by atoms with van der Waals surface area (Å²) >= 11 is 8.46. The zero-order valence-electron chi connectivity index (χ0n) is 8.74. The van der Waals surface area contributed by atoms with Crippen molar-refractivity contribution in [2.24, 2.45) is 0 Å². The number of hydrogen-bond acceptors (Lipinski definition) is 5. The van der Waals surface area contributed by atoms with Crippen LogP contribution in [-0.4, -0.2) is 16.2 Å². The SMILES string of the molecule is Brc1cc(-c2nc(CNC3CC3)no2)sc1Br. The van der Waals surface area contributed by atoms with E-state index in [2.05, 4.69) is 47.3 Å². The zero-order chi connectivity index (χ0) is 11.8. The van der Waals surface area contributed by atoms with Crippen molar-refractivity contribution in [3.63, 3.8) is 0 Å². The first kappa shape index (κ1) is 11.8. The molecule has 0 spiro atoms. The van der Waals surface area contributed by atoms with Gasteiger partial charge in [0.05, 0.1) is 15.2 Å². The van der Waals surface area contributed by atoms with Crippen LogP contribution in [0.5, 0.6) is 0 Å². The van der Waals surface area contributed by atoms with E-state index in [9.17, 15) is 0 Å². The summed E-state index contributed by atoms with van der Waals surface area (Å²) in [5.41, 5.74) is 0. The fraction of sp³-hybridized carbons (Fsp3) is 0.400. The third-order valence-electron chi connectivity index (χ3n) is 2.45. The van der Waals surface area contributed by atoms with Crippen molar-refractivity contribution in [3.05, 3.63) is 20.1 Å². The van der Waals surface area contributed by atoms with Crippen LogP contribution in [0.1, 0.15) is 18.7 Å². The minimum absolute atomic E-state index is 0.578. The van der Waals surface area contributed by atoms with Crippen molar-refractivity contribution in [1.82, 2.24) is 15.5 Å². The van der Waals surface area contributed by atoms with Crippen LogP contribution in [0.15, 0.2) is 18.8 Å². The quantitative estimate of drug-likeness (QED) is 0.883. The highest BCUT2D eigenvalue weighted by atomic mass is 79.9. The normalized spacial score (nSPS) is 15.4. The lowest BCUT2D eigenvalue weighted by Gasteiger charge is -1.94. The molecule has 0 bridgehead atoms. The summed E-state index contributed by atoms with van der Waals surface area (Å²) in [4.78, 5) is 5.33. The van der Waals surface area contributed by atoms with E-state index in [0.717, 1.165) is 13.1 Å². The molecule has 1 N–H and O–H groups in total. The van der Waals surface area contributed by atoms with Gasteiger partial charge in [-0.15, -0.1) is 11.3 Å². The molecule has 0 aromatic carbocycles. The molecule has 1 aliphatic rings. The molecule has 7 heteroatoms. The van der Waals surface area contributed by atoms with E-state index in [0.29, 0.717) is 24.3 Å². The topological polar surface area (TPSA) is 51.0 Å². The van der Waals surface area contributed by atoms with Gasteiger partial charge in [0.15, 0.2) is 5.82 Å². The number of aromatic nitrogens is 2. The number of thiophene rings is 1. The summed E-state index contributed by atoms with van der Waals surface area (Å²) < 4.78 is 7.28. The summed E-state index contributed by atoms with van der Waals surface area (Å²) in [6.07, 6.45) is 2.52. The van der Waals surface area contributed by atoms with Crippen molar-refractivity contribution < 1.29 is 4.52 Å². The van der Waals surface area contributed by atoms with Gasteiger partial charge in [0.2, 0.25) is 0 Å². The molecule has 4 nitrogen and oxygen atoms in total. The number of nitrogens with one attached hydrogen (secondary N) is 1. The highest BCUT2D eigenvalue weighted by molar-refractivity contribution is 9.13. The first-order valence-electron chi connectivity index (χ1n) is 5.23. The Bertz CT molecular complexity index is 516. The molecule has 0 aliphatic heterocycles. The zero-order valence-corrected chi connectivity index (χ0v) is 12.7. The average molecular weight is 379 g/mol. The van der Waals surface area contributed by atoms with Gasteiger partial charge in [-0.05, 0) is 50.8 Å². The fourth-order valence-corrected chi connectivity index (χ4v) is 3.36. The van der Waals surface area contributed by atoms with Crippen molar-refractivity contribution >= 4 is 43.2 Å². The van der Waals surface area contributed by atoms with Crippen LogP contribution >= 0.6 is 43.2 Å². The molecule has 0 saturated heterocycles. The van der Waals surface area contributed by atoms with Crippen molar-refractivity contribution in [2.45, 2.75) is 25.4 Å². The second kappa shape index (κ2) is 4.79. The molecule has 90 valence electrons. The summed E-state index contributed by atoms with van der Waals surface area (Å²) in [7, 11) is 0. The molecule has 17 heavy (non-hydrogen) atoms. The minimum Gasteiger partial charge on any atom is -0.333 e. The Morgan fingerprint density at radius 1 is 1.47 bits per heavy atom. The highest BCUT2D eigenvalue weighted by Gasteiger charge is 2.21. The van der Waals surface area contributed by atoms with Crippen LogP contribution in [0.3, 0.4) is 0 Å². The molecule has 1 aliphatic carbocycles. The molecular formula is C10H9Br2N3OS. The molecule has 0 atom stereocenters. The predicted octanol–water partition coefficient (Wildman–Crippen LogP) is 3.58. The Kier molecular flexibility index (Phi) is 3.34. The van der Waals surface area contributed by atoms with Gasteiger partial charge in [-0.25, -0.2) is 0 Å². The standard InChI is InChI=1S/C10H9Br2N3OS/c11-6-3-7(17-9(6)12)10-14-8(15-16-10)4-13-5-1-2-5/h3,5,13H,1-2,4H2. The maximum Gasteiger partial charge on any atom is 0.268 e. The van der Waals surface area contributed by atoms with Gasteiger partial charge >= 0.3 is 0 Å². The van der Waals surface area contributed by atoms with Gasteiger partial charge in [-0.2, -0.15) is 4.98 Å². The molecule has 2 aromatic rings. The Labute approximate surface area is 119 Å². The van der Waals surface area contributed by atoms with E-state index in [1.807, 2.05) is 6.07 Å². The molecule has 2 aromatic heterocycles. The predicted molar refractivity (Wildman–Crippen MR) is 72.9 cm³/mol. The summed E-state index contributed by atoms with van der Waals surface area (Å²) in [6.45, 7) is 0.682. The third-order valence-corrected chi connectivity index (χ3v) is 5.69. The number of nitrogens with zero attached hydrogens (tertiary/aromatic N) is 2. The van der Waals surface area contributed by atoms with Crippen LogP contribution in [0, 0.1) is 0 Å². The lowest BCUT2D eigenvalue weighted by atomic mass is 10.4. The minimum atomic E-state index is 0.578. The van der Waals surface area contributed by atoms with Crippen molar-refractivity contribution in [1.29, 1.82) is 0 Å². The highest BCUT2D eigenvalue weighted by Crippen LogP contribution is 2.37.